The van der Waals surface area contributed by atoms with E-state index in [-0.39, 0.29) is 11.1 Å². The molecular weight excluding hydrogens is 350 g/mol. The van der Waals surface area contributed by atoms with Crippen LogP contribution in [0.2, 0.25) is 0 Å². The van der Waals surface area contributed by atoms with Gasteiger partial charge in [0.25, 0.3) is 11.5 Å². The van der Waals surface area contributed by atoms with Crippen molar-refractivity contribution in [3.8, 4) is 0 Å². The fourth-order valence-electron chi connectivity index (χ4n) is 3.18. The summed E-state index contributed by atoms with van der Waals surface area (Å²) in [6.45, 7) is 0.581. The summed E-state index contributed by atoms with van der Waals surface area (Å²) in [6, 6.07) is 13.2. The zero-order chi connectivity index (χ0) is 17.7. The van der Waals surface area contributed by atoms with E-state index in [1.54, 1.807) is 16.7 Å². The van der Waals surface area contributed by atoms with E-state index in [9.17, 15) is 9.59 Å². The average Bonchev–Trinajstić information content (AvgIpc) is 3.26. The number of fused-ring (bicyclic) bond motifs is 4. The normalized spacial score (nSPS) is 13.2. The first-order chi connectivity index (χ1) is 12.7. The van der Waals surface area contributed by atoms with Crippen LogP contribution in [0.4, 0.5) is 5.69 Å². The Balaban J connectivity index is 1.50. The maximum absolute atomic E-state index is 12.5. The molecule has 5 rings (SSSR count). The van der Waals surface area contributed by atoms with E-state index in [1.165, 1.54) is 18.0 Å². The van der Waals surface area contributed by atoms with Crippen LogP contribution in [0.1, 0.15) is 10.4 Å². The van der Waals surface area contributed by atoms with Gasteiger partial charge in [0.05, 0.1) is 0 Å². The van der Waals surface area contributed by atoms with Crippen molar-refractivity contribution in [1.29, 1.82) is 0 Å². The molecule has 0 saturated carbocycles. The molecule has 0 unspecified atom stereocenters. The molecule has 4 aromatic rings. The van der Waals surface area contributed by atoms with E-state index in [4.69, 9.17) is 4.42 Å². The first-order valence-electron chi connectivity index (χ1n) is 8.16. The maximum Gasteiger partial charge on any atom is 0.267 e. The molecule has 0 fully saturated rings. The number of hydrogen-bond donors (Lipinski definition) is 1. The molecule has 0 radical (unpaired) electrons. The molecule has 1 aliphatic rings. The fraction of sp³-hybridized carbons (Fsp3) is 0.105. The summed E-state index contributed by atoms with van der Waals surface area (Å²) < 4.78 is 7.38. The van der Waals surface area contributed by atoms with Crippen molar-refractivity contribution in [2.45, 2.75) is 11.7 Å². The fourth-order valence-corrected chi connectivity index (χ4v) is 4.09. The van der Waals surface area contributed by atoms with E-state index in [1.807, 2.05) is 30.3 Å². The van der Waals surface area contributed by atoms with Crippen molar-refractivity contribution in [1.82, 2.24) is 9.55 Å². The molecule has 0 bridgehead atoms. The van der Waals surface area contributed by atoms with Gasteiger partial charge in [0.1, 0.15) is 16.7 Å². The van der Waals surface area contributed by atoms with Gasteiger partial charge in [-0.15, -0.1) is 0 Å². The van der Waals surface area contributed by atoms with E-state index in [2.05, 4.69) is 10.3 Å². The Morgan fingerprint density at radius 2 is 2.00 bits per heavy atom. The van der Waals surface area contributed by atoms with Gasteiger partial charge < -0.3 is 9.73 Å². The lowest BCUT2D eigenvalue weighted by molar-refractivity contribution is 0.102. The molecule has 2 aromatic heterocycles. The van der Waals surface area contributed by atoms with Gasteiger partial charge in [0, 0.05) is 41.0 Å². The molecule has 0 spiro atoms. The molecule has 2 aromatic carbocycles. The van der Waals surface area contributed by atoms with E-state index in [0.717, 1.165) is 22.1 Å². The lowest BCUT2D eigenvalue weighted by Crippen LogP contribution is -2.29. The maximum atomic E-state index is 12.5. The molecule has 1 amide bonds. The summed E-state index contributed by atoms with van der Waals surface area (Å²) in [5, 5.41) is 5.44. The van der Waals surface area contributed by atoms with E-state index < -0.39 is 5.91 Å². The quantitative estimate of drug-likeness (QED) is 0.552. The highest BCUT2D eigenvalue weighted by Gasteiger charge is 2.20. The Kier molecular flexibility index (Phi) is 3.36. The van der Waals surface area contributed by atoms with Crippen LogP contribution in [0.25, 0.3) is 21.9 Å². The van der Waals surface area contributed by atoms with Crippen LogP contribution >= 0.6 is 11.8 Å². The van der Waals surface area contributed by atoms with Crippen LogP contribution < -0.4 is 10.9 Å². The van der Waals surface area contributed by atoms with E-state index >= 15 is 0 Å². The van der Waals surface area contributed by atoms with Crippen molar-refractivity contribution in [3.63, 3.8) is 0 Å². The molecule has 3 heterocycles. The van der Waals surface area contributed by atoms with Crippen LogP contribution in [0.3, 0.4) is 0 Å². The summed E-state index contributed by atoms with van der Waals surface area (Å²) in [5.41, 5.74) is 1.79. The lowest BCUT2D eigenvalue weighted by Gasteiger charge is -2.07. The second-order valence-electron chi connectivity index (χ2n) is 6.02. The summed E-state index contributed by atoms with van der Waals surface area (Å²) >= 11 is 1.52. The van der Waals surface area contributed by atoms with Gasteiger partial charge in [-0.3, -0.25) is 14.2 Å². The zero-order valence-corrected chi connectivity index (χ0v) is 14.4. The first kappa shape index (κ1) is 15.2. The predicted octanol–water partition coefficient (Wildman–Crippen LogP) is 3.50. The number of anilines is 1. The molecule has 0 aliphatic carbocycles. The van der Waals surface area contributed by atoms with Crippen molar-refractivity contribution >= 4 is 45.3 Å². The largest absolute Gasteiger partial charge is 0.456 e. The van der Waals surface area contributed by atoms with Crippen molar-refractivity contribution in [3.05, 3.63) is 64.6 Å². The average molecular weight is 363 g/mol. The molecular formula is C19H13N3O3S. The minimum absolute atomic E-state index is 0.0425. The summed E-state index contributed by atoms with van der Waals surface area (Å²) in [7, 11) is 0. The third-order valence-corrected chi connectivity index (χ3v) is 5.41. The number of rotatable bonds is 2. The Hall–Kier alpha value is -3.06. The number of carbonyl (C=O) groups is 1. The van der Waals surface area contributed by atoms with E-state index in [0.29, 0.717) is 23.0 Å². The van der Waals surface area contributed by atoms with Crippen LogP contribution in [-0.2, 0) is 6.54 Å². The monoisotopic (exact) mass is 363 g/mol. The van der Waals surface area contributed by atoms with Crippen LogP contribution in [0, 0.1) is 0 Å². The van der Waals surface area contributed by atoms with Gasteiger partial charge in [-0.25, -0.2) is 4.98 Å². The van der Waals surface area contributed by atoms with Gasteiger partial charge in [0.2, 0.25) is 0 Å². The Bertz CT molecular complexity index is 1240. The second-order valence-corrected chi connectivity index (χ2v) is 7.09. The molecule has 7 heteroatoms. The minimum Gasteiger partial charge on any atom is -0.456 e. The smallest absolute Gasteiger partial charge is 0.267 e. The number of aromatic nitrogens is 2. The van der Waals surface area contributed by atoms with Crippen LogP contribution in [0.5, 0.6) is 0 Å². The number of hydrogen-bond acceptors (Lipinski definition) is 5. The molecule has 6 nitrogen and oxygen atoms in total. The van der Waals surface area contributed by atoms with Gasteiger partial charge in [0.15, 0.2) is 5.16 Å². The molecule has 26 heavy (non-hydrogen) atoms. The minimum atomic E-state index is -0.467. The third kappa shape index (κ3) is 2.32. The third-order valence-electron chi connectivity index (χ3n) is 4.44. The highest BCUT2D eigenvalue weighted by atomic mass is 32.2. The topological polar surface area (TPSA) is 77.1 Å². The number of para-hydroxylation sites is 1. The number of benzene rings is 2. The molecule has 1 N–H and O–H groups in total. The Labute approximate surface area is 151 Å². The molecule has 0 saturated heterocycles. The number of thioether (sulfide) groups is 1. The van der Waals surface area contributed by atoms with Crippen LogP contribution in [-0.4, -0.2) is 21.2 Å². The number of nitrogens with one attached hydrogen (secondary N) is 1. The van der Waals surface area contributed by atoms with Gasteiger partial charge in [-0.1, -0.05) is 30.0 Å². The molecule has 0 atom stereocenters. The standard InChI is InChI=1S/C19H13N3O3S/c23-17(14-10-20-19-22(18(14)24)7-8-26-19)21-11-5-6-13-12-3-1-2-4-15(12)25-16(13)9-11/h1-6,9-10H,7-8H2,(H,21,23). The van der Waals surface area contributed by atoms with Gasteiger partial charge in [-0.05, 0) is 18.2 Å². The highest BCUT2D eigenvalue weighted by molar-refractivity contribution is 7.99. The zero-order valence-electron chi connectivity index (χ0n) is 13.6. The van der Waals surface area contributed by atoms with Crippen molar-refractivity contribution in [2.24, 2.45) is 0 Å². The summed E-state index contributed by atoms with van der Waals surface area (Å²) in [4.78, 5) is 29.2. The Morgan fingerprint density at radius 1 is 1.15 bits per heavy atom. The van der Waals surface area contributed by atoms with Crippen molar-refractivity contribution < 1.29 is 9.21 Å². The highest BCUT2D eigenvalue weighted by Crippen LogP contribution is 2.30. The molecule has 128 valence electrons. The number of nitrogens with zero attached hydrogens (tertiary/aromatic N) is 2. The molecule has 1 aliphatic heterocycles. The first-order valence-corrected chi connectivity index (χ1v) is 9.14. The predicted molar refractivity (Wildman–Crippen MR) is 101 cm³/mol. The summed E-state index contributed by atoms with van der Waals surface area (Å²) in [6.07, 6.45) is 1.35. The number of amides is 1. The lowest BCUT2D eigenvalue weighted by atomic mass is 10.1. The van der Waals surface area contributed by atoms with Gasteiger partial charge in [-0.2, -0.15) is 0 Å². The van der Waals surface area contributed by atoms with Gasteiger partial charge >= 0.3 is 0 Å². The summed E-state index contributed by atoms with van der Waals surface area (Å²) in [5.74, 6) is 0.334. The number of carbonyl (C=O) groups excluding carboxylic acids is 1. The van der Waals surface area contributed by atoms with Crippen LogP contribution in [0.15, 0.2) is 63.0 Å². The number of furan rings is 1. The van der Waals surface area contributed by atoms with Crippen molar-refractivity contribution in [2.75, 3.05) is 11.1 Å². The Morgan fingerprint density at radius 3 is 2.92 bits per heavy atom. The SMILES string of the molecule is O=C(Nc1ccc2c(c1)oc1ccccc12)c1cnc2n(c1=O)CCS2. The second kappa shape index (κ2) is 5.74.